The van der Waals surface area contributed by atoms with Crippen molar-refractivity contribution in [1.29, 1.82) is 0 Å². The van der Waals surface area contributed by atoms with Crippen molar-refractivity contribution in [1.82, 2.24) is 0 Å². The molecule has 1 unspecified atom stereocenters. The maximum atomic E-state index is 4.26. The maximum Gasteiger partial charge on any atom is 0.210 e. The molecule has 0 saturated carbocycles. The fourth-order valence-corrected chi connectivity index (χ4v) is 10.8. The Bertz CT molecular complexity index is 1990. The van der Waals surface area contributed by atoms with Crippen molar-refractivity contribution >= 4 is 70.5 Å². The van der Waals surface area contributed by atoms with Gasteiger partial charge in [0.15, 0.2) is 5.71 Å². The molecule has 5 heteroatoms. The van der Waals surface area contributed by atoms with E-state index < -0.39 is 0 Å². The number of hydrogen-bond acceptors (Lipinski definition) is 1. The van der Waals surface area contributed by atoms with Crippen LogP contribution in [0, 0.1) is 0 Å². The number of halogens is 3. The summed E-state index contributed by atoms with van der Waals surface area (Å²) in [6, 6.07) is 27.4. The maximum absolute atomic E-state index is 4.26. The van der Waals surface area contributed by atoms with Crippen LogP contribution in [-0.2, 0) is 10.8 Å². The van der Waals surface area contributed by atoms with Crippen molar-refractivity contribution in [2.75, 3.05) is 16.8 Å². The summed E-state index contributed by atoms with van der Waals surface area (Å²) in [5.41, 5.74) is 8.20. The lowest BCUT2D eigenvalue weighted by Crippen LogP contribution is -3.00. The minimum absolute atomic E-state index is 0. The monoisotopic (exact) mass is 944 g/mol. The molecule has 0 radical (unpaired) electrons. The number of hydrogen-bond donors (Lipinski definition) is 0. The van der Waals surface area contributed by atoms with E-state index in [1.54, 1.807) is 0 Å². The van der Waals surface area contributed by atoms with Crippen LogP contribution < -0.4 is 21.9 Å². The van der Waals surface area contributed by atoms with Crippen LogP contribution in [0.4, 0.5) is 11.4 Å². The highest BCUT2D eigenvalue weighted by Gasteiger charge is 2.46. The van der Waals surface area contributed by atoms with Crippen molar-refractivity contribution in [2.24, 2.45) is 0 Å². The van der Waals surface area contributed by atoms with Crippen LogP contribution in [-0.4, -0.2) is 27.1 Å². The zero-order valence-electron chi connectivity index (χ0n) is 35.0. The van der Waals surface area contributed by atoms with E-state index >= 15 is 0 Å². The average Bonchev–Trinajstić information content (AvgIpc) is 3.55. The second kappa shape index (κ2) is 21.2. The fraction of sp³-hybridized carbons (Fsp3) is 0.510. The molecule has 1 atom stereocenters. The molecular formula is C51H67Br3N2. The van der Waals surface area contributed by atoms with Crippen molar-refractivity contribution < 1.29 is 21.6 Å². The Labute approximate surface area is 367 Å². The molecule has 56 heavy (non-hydrogen) atoms. The molecule has 2 aliphatic heterocycles. The first-order valence-electron chi connectivity index (χ1n) is 21.8. The number of benzene rings is 4. The number of nitrogens with zero attached hydrogens (tertiary/aromatic N) is 2. The van der Waals surface area contributed by atoms with Gasteiger partial charge in [0.05, 0.1) is 10.4 Å². The van der Waals surface area contributed by atoms with E-state index in [4.69, 9.17) is 0 Å². The first-order chi connectivity index (χ1) is 26.7. The van der Waals surface area contributed by atoms with Gasteiger partial charge in [-0.3, -0.25) is 0 Å². The summed E-state index contributed by atoms with van der Waals surface area (Å²) in [7, 11) is 0. The van der Waals surface area contributed by atoms with Crippen LogP contribution in [0.3, 0.4) is 0 Å². The number of anilines is 1. The molecule has 0 bridgehead atoms. The van der Waals surface area contributed by atoms with Gasteiger partial charge in [-0.25, -0.2) is 0 Å². The predicted molar refractivity (Wildman–Crippen MR) is 249 cm³/mol. The molecule has 2 aliphatic rings. The molecule has 0 aliphatic carbocycles. The molecule has 0 spiro atoms. The van der Waals surface area contributed by atoms with Gasteiger partial charge in [0, 0.05) is 46.3 Å². The van der Waals surface area contributed by atoms with Gasteiger partial charge in [0.2, 0.25) is 5.69 Å². The molecule has 0 saturated heterocycles. The van der Waals surface area contributed by atoms with E-state index in [-0.39, 0.29) is 32.8 Å². The van der Waals surface area contributed by atoms with Crippen LogP contribution >= 0.6 is 31.9 Å². The first-order valence-corrected chi connectivity index (χ1v) is 23.8. The lowest BCUT2D eigenvalue weighted by atomic mass is 9.79. The molecule has 6 rings (SSSR count). The quantitative estimate of drug-likeness (QED) is 0.0349. The summed E-state index contributed by atoms with van der Waals surface area (Å²) in [6.07, 6.45) is 28.3. The van der Waals surface area contributed by atoms with Crippen LogP contribution in [0.2, 0.25) is 0 Å². The minimum Gasteiger partial charge on any atom is -1.00 e. The third kappa shape index (κ3) is 9.96. The average molecular weight is 948 g/mol. The SMILES string of the molecule is CCCCCCCCCC(Br)N1C(=CC=CC2=[N+](CCCCCCCCCCBr)c3ccc4ccccc4c3C2(C)C)C(C)(C)c2c1ccc1ccccc21.[Br-]. The highest BCUT2D eigenvalue weighted by Crippen LogP contribution is 2.53. The second-order valence-electron chi connectivity index (χ2n) is 17.3. The van der Waals surface area contributed by atoms with Crippen molar-refractivity contribution in [2.45, 2.75) is 153 Å². The summed E-state index contributed by atoms with van der Waals surface area (Å²) >= 11 is 7.84. The Kier molecular flexibility index (Phi) is 17.0. The summed E-state index contributed by atoms with van der Waals surface area (Å²) in [5.74, 6) is 0. The van der Waals surface area contributed by atoms with Crippen LogP contribution in [0.25, 0.3) is 21.5 Å². The second-order valence-corrected chi connectivity index (χ2v) is 19.1. The lowest BCUT2D eigenvalue weighted by molar-refractivity contribution is -0.438. The number of rotatable bonds is 21. The van der Waals surface area contributed by atoms with Crippen molar-refractivity contribution in [3.05, 3.63) is 108 Å². The summed E-state index contributed by atoms with van der Waals surface area (Å²) < 4.78 is 2.67. The van der Waals surface area contributed by atoms with E-state index in [0.29, 0.717) is 0 Å². The lowest BCUT2D eigenvalue weighted by Gasteiger charge is -2.31. The number of allylic oxidation sites excluding steroid dienone is 4. The first kappa shape index (κ1) is 44.9. The van der Waals surface area contributed by atoms with E-state index in [1.807, 2.05) is 0 Å². The Morgan fingerprint density at radius 2 is 1.20 bits per heavy atom. The van der Waals surface area contributed by atoms with Gasteiger partial charge < -0.3 is 21.9 Å². The van der Waals surface area contributed by atoms with E-state index in [0.717, 1.165) is 18.3 Å². The molecule has 0 N–H and O–H groups in total. The zero-order chi connectivity index (χ0) is 38.8. The molecule has 4 aromatic rings. The minimum atomic E-state index is -0.143. The van der Waals surface area contributed by atoms with Crippen LogP contribution in [0.15, 0.2) is 96.7 Å². The van der Waals surface area contributed by atoms with E-state index in [1.165, 1.54) is 152 Å². The van der Waals surface area contributed by atoms with E-state index in [2.05, 4.69) is 167 Å². The predicted octanol–water partition coefficient (Wildman–Crippen LogP) is 13.0. The topological polar surface area (TPSA) is 6.25 Å². The van der Waals surface area contributed by atoms with Crippen molar-refractivity contribution in [3.8, 4) is 0 Å². The third-order valence-corrected chi connectivity index (χ3v) is 14.0. The third-order valence-electron chi connectivity index (χ3n) is 12.5. The molecule has 0 amide bonds. The van der Waals surface area contributed by atoms with Crippen LogP contribution in [0.1, 0.15) is 148 Å². The molecule has 0 aromatic heterocycles. The Hall–Kier alpha value is -2.21. The van der Waals surface area contributed by atoms with Crippen molar-refractivity contribution in [3.63, 3.8) is 0 Å². The van der Waals surface area contributed by atoms with Gasteiger partial charge in [-0.05, 0) is 78.4 Å². The van der Waals surface area contributed by atoms with Gasteiger partial charge >= 0.3 is 0 Å². The molecule has 2 nitrogen and oxygen atoms in total. The number of fused-ring (bicyclic) bond motifs is 6. The molecule has 2 heterocycles. The molecule has 302 valence electrons. The Morgan fingerprint density at radius 3 is 1.84 bits per heavy atom. The normalized spacial score (nSPS) is 17.0. The Balaban J connectivity index is 0.00000600. The smallest absolute Gasteiger partial charge is 0.210 e. The molecular weight excluding hydrogens is 880 g/mol. The van der Waals surface area contributed by atoms with Gasteiger partial charge in [0.1, 0.15) is 6.54 Å². The highest BCUT2D eigenvalue weighted by atomic mass is 79.9. The number of unbranched alkanes of at least 4 members (excludes halogenated alkanes) is 13. The summed E-state index contributed by atoms with van der Waals surface area (Å²) in [6.45, 7) is 13.1. The van der Waals surface area contributed by atoms with Gasteiger partial charge in [-0.2, -0.15) is 4.58 Å². The number of alkyl halides is 2. The highest BCUT2D eigenvalue weighted by molar-refractivity contribution is 9.09. The van der Waals surface area contributed by atoms with Gasteiger partial charge in [0.25, 0.3) is 0 Å². The van der Waals surface area contributed by atoms with E-state index in [9.17, 15) is 0 Å². The molecule has 0 fully saturated rings. The standard InChI is InChI=1S/C51H67Br2N2.BrH/c1-6-7-8-9-12-15-18-32-47(53)55-44-36-34-40-27-20-22-29-42(40)49(44)51(4,5)46(55)31-25-30-45-50(2,3)48-41-28-21-19-26-39(41)33-35-43(48)54(45)38-24-17-14-11-10-13-16-23-37-52;/h19-22,25-31,33-36,47H,6-18,23-24,32,37-38H2,1-5H3;1H/q+1;/p-1. The summed E-state index contributed by atoms with van der Waals surface area (Å²) in [4.78, 5) is 2.88. The summed E-state index contributed by atoms with van der Waals surface area (Å²) in [5, 5.41) is 6.55. The fourth-order valence-electron chi connectivity index (χ4n) is 9.60. The largest absolute Gasteiger partial charge is 1.00 e. The zero-order valence-corrected chi connectivity index (χ0v) is 39.8. The van der Waals surface area contributed by atoms with Gasteiger partial charge in [-0.15, -0.1) is 0 Å². The van der Waals surface area contributed by atoms with Crippen LogP contribution in [0.5, 0.6) is 0 Å². The van der Waals surface area contributed by atoms with Gasteiger partial charge in [-0.1, -0.05) is 190 Å². The molecule has 4 aromatic carbocycles. The Morgan fingerprint density at radius 1 is 0.643 bits per heavy atom.